The first-order chi connectivity index (χ1) is 15.8. The number of piperidine rings is 1. The van der Waals surface area contributed by atoms with E-state index in [2.05, 4.69) is 11.8 Å². The molecule has 5 nitrogen and oxygen atoms in total. The summed E-state index contributed by atoms with van der Waals surface area (Å²) in [4.78, 5) is 15.5. The Morgan fingerprint density at radius 3 is 2.45 bits per heavy atom. The van der Waals surface area contributed by atoms with Crippen molar-refractivity contribution in [3.63, 3.8) is 0 Å². The van der Waals surface area contributed by atoms with E-state index in [0.717, 1.165) is 43.7 Å². The molecule has 0 amide bonds. The number of aryl methyl sites for hydroxylation is 1. The highest BCUT2D eigenvalue weighted by Crippen LogP contribution is 2.29. The molecule has 1 atom stereocenters. The summed E-state index contributed by atoms with van der Waals surface area (Å²) in [6.45, 7) is 4.59. The van der Waals surface area contributed by atoms with Gasteiger partial charge in [-0.05, 0) is 81.6 Å². The summed E-state index contributed by atoms with van der Waals surface area (Å²) in [7, 11) is 1.83. The van der Waals surface area contributed by atoms with E-state index in [-0.39, 0.29) is 17.4 Å². The normalized spacial score (nSPS) is 16.2. The van der Waals surface area contributed by atoms with Gasteiger partial charge in [0.2, 0.25) is 0 Å². The van der Waals surface area contributed by atoms with Crippen LogP contribution in [0, 0.1) is 11.7 Å². The highest BCUT2D eigenvalue weighted by Gasteiger charge is 2.26. The average Bonchev–Trinajstić information content (AvgIpc) is 3.10. The maximum Gasteiger partial charge on any atom is 0.276 e. The van der Waals surface area contributed by atoms with Gasteiger partial charge >= 0.3 is 0 Å². The molecule has 0 saturated carbocycles. The van der Waals surface area contributed by atoms with Crippen molar-refractivity contribution in [2.45, 2.75) is 32.2 Å². The van der Waals surface area contributed by atoms with E-state index in [1.807, 2.05) is 19.3 Å². The number of hydrogen-bond donors (Lipinski definition) is 0. The van der Waals surface area contributed by atoms with Crippen LogP contribution in [0.3, 0.4) is 0 Å². The third-order valence-electron chi connectivity index (χ3n) is 6.48. The summed E-state index contributed by atoms with van der Waals surface area (Å²) in [5, 5.41) is 1.02. The SMILES string of the molecule is CC(c1cn(C)n(-c2ccc(F)cc2)c1=O)N1CCC(CCOc2ccc(Cl)c(Cl)c2)CC1. The summed E-state index contributed by atoms with van der Waals surface area (Å²) >= 11 is 12.0. The topological polar surface area (TPSA) is 39.4 Å². The van der Waals surface area contributed by atoms with Crippen molar-refractivity contribution in [1.29, 1.82) is 0 Å². The number of rotatable bonds is 7. The van der Waals surface area contributed by atoms with Crippen molar-refractivity contribution < 1.29 is 9.13 Å². The van der Waals surface area contributed by atoms with Gasteiger partial charge in [-0.25, -0.2) is 9.07 Å². The Hall–Kier alpha value is -2.28. The largest absolute Gasteiger partial charge is 0.494 e. The zero-order valence-electron chi connectivity index (χ0n) is 18.8. The number of aromatic nitrogens is 2. The molecule has 0 bridgehead atoms. The van der Waals surface area contributed by atoms with E-state index in [1.165, 1.54) is 12.1 Å². The minimum absolute atomic E-state index is 0.0128. The molecule has 1 fully saturated rings. The Kier molecular flexibility index (Phi) is 7.47. The van der Waals surface area contributed by atoms with Crippen LogP contribution >= 0.6 is 23.2 Å². The summed E-state index contributed by atoms with van der Waals surface area (Å²) in [6.07, 6.45) is 4.99. The molecule has 1 aliphatic rings. The van der Waals surface area contributed by atoms with Crippen molar-refractivity contribution in [1.82, 2.24) is 14.3 Å². The van der Waals surface area contributed by atoms with Crippen LogP contribution in [-0.4, -0.2) is 34.0 Å². The van der Waals surface area contributed by atoms with Crippen molar-refractivity contribution in [3.05, 3.63) is 80.4 Å². The van der Waals surface area contributed by atoms with Gasteiger partial charge in [0.15, 0.2) is 0 Å². The van der Waals surface area contributed by atoms with E-state index < -0.39 is 0 Å². The Balaban J connectivity index is 1.32. The fourth-order valence-electron chi connectivity index (χ4n) is 4.48. The zero-order chi connectivity index (χ0) is 23.5. The van der Waals surface area contributed by atoms with Gasteiger partial charge in [0, 0.05) is 25.4 Å². The Morgan fingerprint density at radius 2 is 1.79 bits per heavy atom. The first kappa shape index (κ1) is 23.9. The number of benzene rings is 2. The van der Waals surface area contributed by atoms with Gasteiger partial charge in [0.25, 0.3) is 5.56 Å². The summed E-state index contributed by atoms with van der Waals surface area (Å²) in [6, 6.07) is 11.3. The second-order valence-electron chi connectivity index (χ2n) is 8.62. The standard InChI is InChI=1S/C25H28Cl2FN3O2/c1-17(22-16-29(2)31(25(22)32)20-5-3-19(28)4-6-20)30-12-9-18(10-13-30)11-14-33-21-7-8-23(26)24(27)15-21/h3-8,15-18H,9-14H2,1-2H3. The molecule has 3 aromatic rings. The molecule has 0 radical (unpaired) electrons. The predicted octanol–water partition coefficient (Wildman–Crippen LogP) is 5.86. The van der Waals surface area contributed by atoms with Gasteiger partial charge in [-0.1, -0.05) is 23.2 Å². The van der Waals surface area contributed by atoms with Gasteiger partial charge < -0.3 is 4.74 Å². The lowest BCUT2D eigenvalue weighted by Gasteiger charge is -2.35. The number of halogens is 3. The molecule has 8 heteroatoms. The van der Waals surface area contributed by atoms with Crippen LogP contribution in [0.2, 0.25) is 10.0 Å². The molecular formula is C25H28Cl2FN3O2. The number of likely N-dealkylation sites (tertiary alicyclic amines) is 1. The average molecular weight is 492 g/mol. The van der Waals surface area contributed by atoms with Gasteiger partial charge in [0.1, 0.15) is 11.6 Å². The molecule has 176 valence electrons. The Labute approximate surface area is 203 Å². The van der Waals surface area contributed by atoms with E-state index in [0.29, 0.717) is 28.3 Å². The lowest BCUT2D eigenvalue weighted by molar-refractivity contribution is 0.128. The van der Waals surface area contributed by atoms with E-state index in [9.17, 15) is 9.18 Å². The number of hydrogen-bond acceptors (Lipinski definition) is 3. The quantitative estimate of drug-likeness (QED) is 0.415. The molecule has 33 heavy (non-hydrogen) atoms. The monoisotopic (exact) mass is 491 g/mol. The summed E-state index contributed by atoms with van der Waals surface area (Å²) in [5.74, 6) is 1.000. The molecule has 1 unspecified atom stereocenters. The van der Waals surface area contributed by atoms with E-state index in [1.54, 1.807) is 33.6 Å². The van der Waals surface area contributed by atoms with Crippen molar-refractivity contribution in [2.75, 3.05) is 19.7 Å². The number of nitrogens with zero attached hydrogens (tertiary/aromatic N) is 3. The van der Waals surface area contributed by atoms with Crippen molar-refractivity contribution >= 4 is 23.2 Å². The van der Waals surface area contributed by atoms with Crippen LogP contribution in [0.4, 0.5) is 4.39 Å². The molecular weight excluding hydrogens is 464 g/mol. The van der Waals surface area contributed by atoms with Crippen LogP contribution in [0.5, 0.6) is 5.75 Å². The second kappa shape index (κ2) is 10.3. The van der Waals surface area contributed by atoms with Crippen LogP contribution in [0.1, 0.15) is 37.8 Å². The maximum atomic E-state index is 13.3. The molecule has 0 spiro atoms. The van der Waals surface area contributed by atoms with Gasteiger partial charge in [-0.2, -0.15) is 0 Å². The molecule has 4 rings (SSSR count). The lowest BCUT2D eigenvalue weighted by atomic mass is 9.92. The molecule has 2 aromatic carbocycles. The molecule has 0 N–H and O–H groups in total. The first-order valence-corrected chi connectivity index (χ1v) is 12.0. The maximum absolute atomic E-state index is 13.3. The summed E-state index contributed by atoms with van der Waals surface area (Å²) in [5.41, 5.74) is 1.35. The summed E-state index contributed by atoms with van der Waals surface area (Å²) < 4.78 is 22.5. The Bertz CT molecular complexity index is 1150. The third-order valence-corrected chi connectivity index (χ3v) is 7.22. The Morgan fingerprint density at radius 1 is 1.09 bits per heavy atom. The van der Waals surface area contributed by atoms with Crippen LogP contribution in [-0.2, 0) is 7.05 Å². The smallest absolute Gasteiger partial charge is 0.276 e. The predicted molar refractivity (Wildman–Crippen MR) is 130 cm³/mol. The van der Waals surface area contributed by atoms with Crippen LogP contribution < -0.4 is 10.3 Å². The minimum Gasteiger partial charge on any atom is -0.494 e. The van der Waals surface area contributed by atoms with Crippen LogP contribution in [0.25, 0.3) is 5.69 Å². The van der Waals surface area contributed by atoms with Gasteiger partial charge in [-0.15, -0.1) is 0 Å². The first-order valence-electron chi connectivity index (χ1n) is 11.2. The molecule has 1 saturated heterocycles. The van der Waals surface area contributed by atoms with Crippen molar-refractivity contribution in [3.8, 4) is 11.4 Å². The highest BCUT2D eigenvalue weighted by molar-refractivity contribution is 6.42. The van der Waals surface area contributed by atoms with E-state index in [4.69, 9.17) is 27.9 Å². The minimum atomic E-state index is -0.320. The van der Waals surface area contributed by atoms with Crippen LogP contribution in [0.15, 0.2) is 53.5 Å². The molecule has 1 aliphatic heterocycles. The number of ether oxygens (including phenoxy) is 1. The molecule has 2 heterocycles. The highest BCUT2D eigenvalue weighted by atomic mass is 35.5. The third kappa shape index (κ3) is 5.45. The molecule has 0 aliphatic carbocycles. The molecule has 1 aromatic heterocycles. The fourth-order valence-corrected chi connectivity index (χ4v) is 4.77. The lowest BCUT2D eigenvalue weighted by Crippen LogP contribution is -2.37. The van der Waals surface area contributed by atoms with Gasteiger partial charge in [-0.3, -0.25) is 14.4 Å². The zero-order valence-corrected chi connectivity index (χ0v) is 20.3. The van der Waals surface area contributed by atoms with E-state index >= 15 is 0 Å². The van der Waals surface area contributed by atoms with Gasteiger partial charge in [0.05, 0.1) is 27.9 Å². The second-order valence-corrected chi connectivity index (χ2v) is 9.43. The van der Waals surface area contributed by atoms with Crippen molar-refractivity contribution in [2.24, 2.45) is 13.0 Å². The fraction of sp³-hybridized carbons (Fsp3) is 0.400.